The maximum atomic E-state index is 11.7. The fraction of sp³-hybridized carbons (Fsp3) is 0.318. The number of anilines is 1. The average molecular weight is 347 g/mol. The summed E-state index contributed by atoms with van der Waals surface area (Å²) in [6.45, 7) is 0.585. The SMILES string of the molecule is CN(C)[C@H]1C[C@H](c2c[nH]c3ccc(N(C=O)Cc4ccccc4)cc32)C1. The number of carbonyl (C=O) groups is 1. The lowest BCUT2D eigenvalue weighted by atomic mass is 9.75. The number of hydrogen-bond acceptors (Lipinski definition) is 2. The number of aromatic nitrogens is 1. The lowest BCUT2D eigenvalue weighted by molar-refractivity contribution is -0.107. The number of rotatable bonds is 6. The van der Waals surface area contributed by atoms with Crippen LogP contribution in [-0.2, 0) is 11.3 Å². The lowest BCUT2D eigenvalue weighted by Crippen LogP contribution is -2.39. The van der Waals surface area contributed by atoms with Gasteiger partial charge in [-0.15, -0.1) is 0 Å². The smallest absolute Gasteiger partial charge is 0.214 e. The summed E-state index contributed by atoms with van der Waals surface area (Å²) in [7, 11) is 4.31. The monoisotopic (exact) mass is 347 g/mol. The van der Waals surface area contributed by atoms with Crippen LogP contribution in [0.3, 0.4) is 0 Å². The number of amides is 1. The van der Waals surface area contributed by atoms with Gasteiger partial charge in [0.05, 0.1) is 6.54 Å². The van der Waals surface area contributed by atoms with Crippen LogP contribution in [0.15, 0.2) is 54.7 Å². The number of fused-ring (bicyclic) bond motifs is 1. The molecule has 1 N–H and O–H groups in total. The Bertz CT molecular complexity index is 894. The zero-order chi connectivity index (χ0) is 18.1. The van der Waals surface area contributed by atoms with Crippen LogP contribution >= 0.6 is 0 Å². The number of nitrogens with one attached hydrogen (secondary N) is 1. The summed E-state index contributed by atoms with van der Waals surface area (Å²) >= 11 is 0. The molecule has 1 fully saturated rings. The molecule has 4 heteroatoms. The Kier molecular flexibility index (Phi) is 4.51. The lowest BCUT2D eigenvalue weighted by Gasteiger charge is -2.39. The molecule has 26 heavy (non-hydrogen) atoms. The van der Waals surface area contributed by atoms with Crippen molar-refractivity contribution in [3.63, 3.8) is 0 Å². The van der Waals surface area contributed by atoms with Crippen molar-refractivity contribution in [2.75, 3.05) is 19.0 Å². The number of carbonyl (C=O) groups excluding carboxylic acids is 1. The molecular weight excluding hydrogens is 322 g/mol. The molecule has 0 spiro atoms. The second kappa shape index (κ2) is 6.96. The minimum Gasteiger partial charge on any atom is -0.361 e. The van der Waals surface area contributed by atoms with E-state index < -0.39 is 0 Å². The average Bonchev–Trinajstić information content (AvgIpc) is 3.02. The first-order valence-electron chi connectivity index (χ1n) is 9.19. The standard InChI is InChI=1S/C22H25N3O/c1-24(2)19-10-17(11-19)21-13-23-22-9-8-18(12-20(21)22)25(15-26)14-16-6-4-3-5-7-16/h3-9,12-13,15,17,19,23H,10-11,14H2,1-2H3/t17-,19-. The molecule has 0 atom stereocenters. The third-order valence-electron chi connectivity index (χ3n) is 5.64. The van der Waals surface area contributed by atoms with E-state index in [2.05, 4.69) is 42.3 Å². The van der Waals surface area contributed by atoms with Gasteiger partial charge in [-0.3, -0.25) is 4.79 Å². The highest BCUT2D eigenvalue weighted by Crippen LogP contribution is 2.42. The van der Waals surface area contributed by atoms with Gasteiger partial charge in [0, 0.05) is 28.8 Å². The van der Waals surface area contributed by atoms with Crippen LogP contribution in [0.4, 0.5) is 5.69 Å². The van der Waals surface area contributed by atoms with Gasteiger partial charge in [0.1, 0.15) is 0 Å². The van der Waals surface area contributed by atoms with Crippen molar-refractivity contribution in [3.05, 3.63) is 65.9 Å². The van der Waals surface area contributed by atoms with Crippen molar-refractivity contribution in [3.8, 4) is 0 Å². The van der Waals surface area contributed by atoms with Crippen molar-refractivity contribution < 1.29 is 4.79 Å². The minimum atomic E-state index is 0.585. The molecule has 1 saturated carbocycles. The van der Waals surface area contributed by atoms with Crippen LogP contribution in [-0.4, -0.2) is 36.4 Å². The van der Waals surface area contributed by atoms with E-state index in [4.69, 9.17) is 0 Å². The molecule has 1 aromatic heterocycles. The van der Waals surface area contributed by atoms with Crippen LogP contribution < -0.4 is 4.90 Å². The Labute approximate surface area is 154 Å². The van der Waals surface area contributed by atoms with E-state index in [-0.39, 0.29) is 0 Å². The van der Waals surface area contributed by atoms with Crippen LogP contribution in [0.2, 0.25) is 0 Å². The molecule has 1 aliphatic rings. The summed E-state index contributed by atoms with van der Waals surface area (Å²) in [5, 5.41) is 1.24. The van der Waals surface area contributed by atoms with Gasteiger partial charge in [-0.1, -0.05) is 30.3 Å². The summed E-state index contributed by atoms with van der Waals surface area (Å²) in [6, 6.07) is 17.0. The van der Waals surface area contributed by atoms with Gasteiger partial charge in [-0.2, -0.15) is 0 Å². The van der Waals surface area contributed by atoms with E-state index in [1.807, 2.05) is 36.4 Å². The summed E-state index contributed by atoms with van der Waals surface area (Å²) in [5.41, 5.74) is 4.59. The Morgan fingerprint density at radius 3 is 2.58 bits per heavy atom. The van der Waals surface area contributed by atoms with Crippen molar-refractivity contribution in [1.82, 2.24) is 9.88 Å². The zero-order valence-corrected chi connectivity index (χ0v) is 15.4. The van der Waals surface area contributed by atoms with Crippen LogP contribution in [0.25, 0.3) is 10.9 Å². The van der Waals surface area contributed by atoms with Crippen LogP contribution in [0, 0.1) is 0 Å². The first-order chi connectivity index (χ1) is 12.7. The summed E-state index contributed by atoms with van der Waals surface area (Å²) < 4.78 is 0. The first-order valence-corrected chi connectivity index (χ1v) is 9.19. The molecule has 2 aromatic carbocycles. The van der Waals surface area contributed by atoms with Crippen LogP contribution in [0.5, 0.6) is 0 Å². The van der Waals surface area contributed by atoms with Gasteiger partial charge in [-0.05, 0) is 62.2 Å². The molecule has 4 nitrogen and oxygen atoms in total. The van der Waals surface area contributed by atoms with E-state index in [1.54, 1.807) is 4.90 Å². The predicted octanol–water partition coefficient (Wildman–Crippen LogP) is 4.14. The zero-order valence-electron chi connectivity index (χ0n) is 15.4. The molecule has 1 heterocycles. The molecule has 3 aromatic rings. The quantitative estimate of drug-likeness (QED) is 0.681. The molecular formula is C22H25N3O. The molecule has 0 radical (unpaired) electrons. The highest BCUT2D eigenvalue weighted by atomic mass is 16.1. The first kappa shape index (κ1) is 16.9. The van der Waals surface area contributed by atoms with E-state index in [0.717, 1.165) is 23.2 Å². The topological polar surface area (TPSA) is 39.3 Å². The van der Waals surface area contributed by atoms with E-state index in [0.29, 0.717) is 18.5 Å². The third-order valence-corrected chi connectivity index (χ3v) is 5.64. The molecule has 134 valence electrons. The Balaban J connectivity index is 1.60. The Morgan fingerprint density at radius 1 is 1.12 bits per heavy atom. The van der Waals surface area contributed by atoms with Crippen molar-refractivity contribution >= 4 is 23.0 Å². The van der Waals surface area contributed by atoms with E-state index in [9.17, 15) is 4.79 Å². The fourth-order valence-electron chi connectivity index (χ4n) is 3.88. The molecule has 1 amide bonds. The number of hydrogen-bond donors (Lipinski definition) is 1. The van der Waals surface area contributed by atoms with Gasteiger partial charge >= 0.3 is 0 Å². The molecule has 0 saturated heterocycles. The van der Waals surface area contributed by atoms with Gasteiger partial charge in [0.2, 0.25) is 6.41 Å². The normalized spacial score (nSPS) is 19.5. The van der Waals surface area contributed by atoms with Gasteiger partial charge in [0.25, 0.3) is 0 Å². The molecule has 0 unspecified atom stereocenters. The minimum absolute atomic E-state index is 0.585. The van der Waals surface area contributed by atoms with Crippen LogP contribution in [0.1, 0.15) is 29.9 Å². The third kappa shape index (κ3) is 3.13. The number of H-pyrrole nitrogens is 1. The largest absolute Gasteiger partial charge is 0.361 e. The maximum absolute atomic E-state index is 11.7. The number of nitrogens with zero attached hydrogens (tertiary/aromatic N) is 2. The Hall–Kier alpha value is -2.59. The maximum Gasteiger partial charge on any atom is 0.214 e. The molecule has 4 rings (SSSR count). The summed E-state index contributed by atoms with van der Waals surface area (Å²) in [5.74, 6) is 0.602. The molecule has 0 bridgehead atoms. The van der Waals surface area contributed by atoms with Gasteiger partial charge in [-0.25, -0.2) is 0 Å². The summed E-state index contributed by atoms with van der Waals surface area (Å²) in [6.07, 6.45) is 5.47. The van der Waals surface area contributed by atoms with Crippen molar-refractivity contribution in [2.45, 2.75) is 31.3 Å². The number of benzene rings is 2. The fourth-order valence-corrected chi connectivity index (χ4v) is 3.88. The highest BCUT2D eigenvalue weighted by Gasteiger charge is 2.33. The second-order valence-electron chi connectivity index (χ2n) is 7.48. The van der Waals surface area contributed by atoms with Crippen molar-refractivity contribution in [2.24, 2.45) is 0 Å². The molecule has 0 aliphatic heterocycles. The number of aromatic amines is 1. The van der Waals surface area contributed by atoms with Gasteiger partial charge < -0.3 is 14.8 Å². The van der Waals surface area contributed by atoms with Gasteiger partial charge in [0.15, 0.2) is 0 Å². The second-order valence-corrected chi connectivity index (χ2v) is 7.48. The highest BCUT2D eigenvalue weighted by molar-refractivity contribution is 5.89. The van der Waals surface area contributed by atoms with E-state index in [1.165, 1.54) is 23.8 Å². The van der Waals surface area contributed by atoms with Crippen molar-refractivity contribution in [1.29, 1.82) is 0 Å². The van der Waals surface area contributed by atoms with E-state index >= 15 is 0 Å². The summed E-state index contributed by atoms with van der Waals surface area (Å²) in [4.78, 5) is 19.2. The molecule has 1 aliphatic carbocycles. The Morgan fingerprint density at radius 2 is 1.88 bits per heavy atom. The predicted molar refractivity (Wildman–Crippen MR) is 106 cm³/mol.